The molecule has 0 saturated carbocycles. The molecule has 8 aromatic carbocycles. The molecular formula is C49H32O. The Labute approximate surface area is 292 Å². The van der Waals surface area contributed by atoms with Gasteiger partial charge in [-0.2, -0.15) is 0 Å². The van der Waals surface area contributed by atoms with Crippen LogP contribution in [0.3, 0.4) is 0 Å². The van der Waals surface area contributed by atoms with Crippen molar-refractivity contribution in [3.05, 3.63) is 215 Å². The number of hydrogen-bond donors (Lipinski definition) is 0. The van der Waals surface area contributed by atoms with Crippen LogP contribution < -0.4 is 4.74 Å². The van der Waals surface area contributed by atoms with Crippen LogP contribution in [0.25, 0.3) is 44.2 Å². The van der Waals surface area contributed by atoms with Gasteiger partial charge in [0.1, 0.15) is 11.5 Å². The molecule has 8 aromatic rings. The van der Waals surface area contributed by atoms with Gasteiger partial charge in [0.25, 0.3) is 0 Å². The molecule has 2 atom stereocenters. The fraction of sp³-hybridized carbons (Fsp3) is 0.0612. The van der Waals surface area contributed by atoms with Crippen LogP contribution in [0.1, 0.15) is 45.9 Å². The molecule has 234 valence electrons. The maximum Gasteiger partial charge on any atom is 0.131 e. The summed E-state index contributed by atoms with van der Waals surface area (Å²) in [5, 5.41) is 2.60. The molecule has 0 bridgehead atoms. The molecule has 11 rings (SSSR count). The van der Waals surface area contributed by atoms with Crippen molar-refractivity contribution in [3.8, 4) is 44.9 Å². The molecule has 3 aliphatic rings. The third-order valence-electron chi connectivity index (χ3n) is 11.8. The third-order valence-corrected chi connectivity index (χ3v) is 11.8. The Morgan fingerprint density at radius 2 is 1.00 bits per heavy atom. The van der Waals surface area contributed by atoms with Gasteiger partial charge in [-0.25, -0.2) is 0 Å². The summed E-state index contributed by atoms with van der Waals surface area (Å²) in [6, 6.07) is 65.0. The molecule has 1 nitrogen and oxygen atoms in total. The minimum atomic E-state index is -0.392. The molecule has 0 saturated heterocycles. The van der Waals surface area contributed by atoms with E-state index in [1.54, 1.807) is 0 Å². The number of fused-ring (bicyclic) bond motifs is 14. The lowest BCUT2D eigenvalue weighted by Crippen LogP contribution is -2.29. The molecule has 0 fully saturated rings. The van der Waals surface area contributed by atoms with Crippen LogP contribution in [-0.2, 0) is 10.8 Å². The summed E-state index contributed by atoms with van der Waals surface area (Å²) in [5.41, 5.74) is 16.0. The molecule has 1 heterocycles. The van der Waals surface area contributed by atoms with E-state index < -0.39 is 5.41 Å². The average Bonchev–Trinajstić information content (AvgIpc) is 3.65. The Balaban J connectivity index is 1.15. The van der Waals surface area contributed by atoms with Crippen LogP contribution in [0.2, 0.25) is 0 Å². The zero-order chi connectivity index (χ0) is 33.0. The molecule has 2 unspecified atom stereocenters. The van der Waals surface area contributed by atoms with E-state index in [-0.39, 0.29) is 5.41 Å². The van der Waals surface area contributed by atoms with E-state index in [9.17, 15) is 0 Å². The monoisotopic (exact) mass is 636 g/mol. The van der Waals surface area contributed by atoms with Crippen molar-refractivity contribution >= 4 is 10.8 Å². The molecule has 2 aliphatic carbocycles. The van der Waals surface area contributed by atoms with Gasteiger partial charge in [-0.3, -0.25) is 0 Å². The van der Waals surface area contributed by atoms with Crippen LogP contribution in [0.5, 0.6) is 11.5 Å². The van der Waals surface area contributed by atoms with Gasteiger partial charge in [0, 0.05) is 16.5 Å². The summed E-state index contributed by atoms with van der Waals surface area (Å²) in [6.07, 6.45) is 0. The zero-order valence-electron chi connectivity index (χ0n) is 27.7. The predicted octanol–water partition coefficient (Wildman–Crippen LogP) is 12.3. The molecule has 1 spiro atoms. The lowest BCUT2D eigenvalue weighted by molar-refractivity contribution is 0.427. The van der Waals surface area contributed by atoms with Crippen LogP contribution >= 0.6 is 0 Å². The first kappa shape index (κ1) is 27.7. The van der Waals surface area contributed by atoms with E-state index in [2.05, 4.69) is 183 Å². The van der Waals surface area contributed by atoms with Crippen molar-refractivity contribution in [2.24, 2.45) is 0 Å². The van der Waals surface area contributed by atoms with Crippen LogP contribution in [-0.4, -0.2) is 0 Å². The minimum Gasteiger partial charge on any atom is -0.457 e. The summed E-state index contributed by atoms with van der Waals surface area (Å²) in [4.78, 5) is 0. The van der Waals surface area contributed by atoms with E-state index in [0.29, 0.717) is 0 Å². The fourth-order valence-corrected chi connectivity index (χ4v) is 9.61. The highest BCUT2D eigenvalue weighted by Crippen LogP contribution is 2.64. The number of ether oxygens (including phenoxy) is 1. The standard InChI is InChI=1S/C49H32O/c1-48(34-14-3-2-4-15-34)43-21-11-12-22-45(43)50-46-28-25-33(30-44(46)48)32-24-27-42-39(29-32)37-18-8-10-20-41(37)49(42)40-19-9-7-17-36(40)38-26-23-31-13-5-6-16-35(31)47(38)49/h2-30H,1H3. The van der Waals surface area contributed by atoms with Gasteiger partial charge in [0.2, 0.25) is 0 Å². The van der Waals surface area contributed by atoms with Crippen molar-refractivity contribution in [1.82, 2.24) is 0 Å². The van der Waals surface area contributed by atoms with Crippen molar-refractivity contribution in [2.75, 3.05) is 0 Å². The Morgan fingerprint density at radius 1 is 0.400 bits per heavy atom. The van der Waals surface area contributed by atoms with Gasteiger partial charge in [-0.15, -0.1) is 0 Å². The first-order chi connectivity index (χ1) is 24.7. The number of rotatable bonds is 2. The SMILES string of the molecule is CC1(c2ccccc2)c2ccccc2Oc2ccc(-c3ccc4c(c3)-c3ccccc3C43c4ccccc4-c4ccc5ccccc5c43)cc21. The summed E-state index contributed by atoms with van der Waals surface area (Å²) in [7, 11) is 0. The molecule has 1 heteroatoms. The van der Waals surface area contributed by atoms with Gasteiger partial charge in [-0.1, -0.05) is 152 Å². The maximum absolute atomic E-state index is 6.57. The zero-order valence-corrected chi connectivity index (χ0v) is 27.7. The highest BCUT2D eigenvalue weighted by atomic mass is 16.5. The lowest BCUT2D eigenvalue weighted by atomic mass is 9.68. The Morgan fingerprint density at radius 3 is 1.82 bits per heavy atom. The van der Waals surface area contributed by atoms with Gasteiger partial charge in [0.15, 0.2) is 0 Å². The predicted molar refractivity (Wildman–Crippen MR) is 204 cm³/mol. The van der Waals surface area contributed by atoms with E-state index in [1.165, 1.54) is 83.1 Å². The Kier molecular flexibility index (Phi) is 5.51. The van der Waals surface area contributed by atoms with Crippen LogP contribution in [0, 0.1) is 0 Å². The largest absolute Gasteiger partial charge is 0.457 e. The molecule has 0 radical (unpaired) electrons. The Hall–Kier alpha value is -6.18. The van der Waals surface area contributed by atoms with Crippen molar-refractivity contribution < 1.29 is 4.74 Å². The van der Waals surface area contributed by atoms with E-state index in [0.717, 1.165) is 11.5 Å². The van der Waals surface area contributed by atoms with Crippen molar-refractivity contribution in [3.63, 3.8) is 0 Å². The number of para-hydroxylation sites is 1. The summed E-state index contributed by atoms with van der Waals surface area (Å²) >= 11 is 0. The maximum atomic E-state index is 6.57. The lowest BCUT2D eigenvalue weighted by Gasteiger charge is -2.38. The van der Waals surface area contributed by atoms with Crippen molar-refractivity contribution in [2.45, 2.75) is 17.8 Å². The molecule has 0 amide bonds. The minimum absolute atomic E-state index is 0.368. The normalized spacial score (nSPS) is 18.8. The molecule has 0 N–H and O–H groups in total. The number of hydrogen-bond acceptors (Lipinski definition) is 1. The fourth-order valence-electron chi connectivity index (χ4n) is 9.61. The van der Waals surface area contributed by atoms with Crippen LogP contribution in [0.15, 0.2) is 176 Å². The molecular weight excluding hydrogens is 605 g/mol. The third kappa shape index (κ3) is 3.42. The highest BCUT2D eigenvalue weighted by molar-refractivity contribution is 6.04. The highest BCUT2D eigenvalue weighted by Gasteiger charge is 2.52. The van der Waals surface area contributed by atoms with E-state index in [4.69, 9.17) is 4.74 Å². The van der Waals surface area contributed by atoms with Gasteiger partial charge in [-0.05, 0) is 103 Å². The molecule has 0 aromatic heterocycles. The van der Waals surface area contributed by atoms with Gasteiger partial charge >= 0.3 is 0 Å². The smallest absolute Gasteiger partial charge is 0.131 e. The summed E-state index contributed by atoms with van der Waals surface area (Å²) in [6.45, 7) is 2.34. The quantitative estimate of drug-likeness (QED) is 0.183. The second-order valence-electron chi connectivity index (χ2n) is 14.1. The van der Waals surface area contributed by atoms with E-state index in [1.807, 2.05) is 0 Å². The Bertz CT molecular complexity index is 2700. The average molecular weight is 637 g/mol. The number of benzene rings is 8. The van der Waals surface area contributed by atoms with Gasteiger partial charge in [0.05, 0.1) is 5.41 Å². The van der Waals surface area contributed by atoms with Crippen LogP contribution in [0.4, 0.5) is 0 Å². The second kappa shape index (κ2) is 9.94. The first-order valence-electron chi connectivity index (χ1n) is 17.5. The molecule has 50 heavy (non-hydrogen) atoms. The molecule has 1 aliphatic heterocycles. The summed E-state index contributed by atoms with van der Waals surface area (Å²) in [5.74, 6) is 1.83. The van der Waals surface area contributed by atoms with Crippen molar-refractivity contribution in [1.29, 1.82) is 0 Å². The van der Waals surface area contributed by atoms with E-state index >= 15 is 0 Å². The second-order valence-corrected chi connectivity index (χ2v) is 14.1. The summed E-state index contributed by atoms with van der Waals surface area (Å²) < 4.78 is 6.57. The first-order valence-corrected chi connectivity index (χ1v) is 17.5. The topological polar surface area (TPSA) is 9.23 Å². The van der Waals surface area contributed by atoms with Gasteiger partial charge < -0.3 is 4.74 Å².